The summed E-state index contributed by atoms with van der Waals surface area (Å²) in [4.78, 5) is 8.15. The summed E-state index contributed by atoms with van der Waals surface area (Å²) in [5.74, 6) is -1.07. The van der Waals surface area contributed by atoms with Crippen LogP contribution in [0.1, 0.15) is 12.5 Å². The van der Waals surface area contributed by atoms with Crippen LogP contribution in [0.25, 0.3) is 0 Å². The lowest BCUT2D eigenvalue weighted by molar-refractivity contribution is -0.105. The number of pyridine rings is 1. The third-order valence-electron chi connectivity index (χ3n) is 3.07. The fourth-order valence-corrected chi connectivity index (χ4v) is 3.68. The van der Waals surface area contributed by atoms with Crippen LogP contribution < -0.4 is 5.32 Å². The molecule has 0 aliphatic rings. The monoisotopic (exact) mass is 423 g/mol. The summed E-state index contributed by atoms with van der Waals surface area (Å²) in [5, 5.41) is 3.02. The van der Waals surface area contributed by atoms with E-state index in [4.69, 9.17) is 23.2 Å². The molecular weight excluding hydrogens is 410 g/mol. The molecule has 1 aromatic carbocycles. The van der Waals surface area contributed by atoms with E-state index in [1.165, 1.54) is 12.1 Å². The number of rotatable bonds is 5. The number of aromatic nitrogens is 1. The van der Waals surface area contributed by atoms with E-state index in [0.29, 0.717) is 17.9 Å². The Kier molecular flexibility index (Phi) is 7.02. The first-order valence-electron chi connectivity index (χ1n) is 7.37. The van der Waals surface area contributed by atoms with Gasteiger partial charge in [0, 0.05) is 24.5 Å². The second-order valence-electron chi connectivity index (χ2n) is 5.06. The van der Waals surface area contributed by atoms with Crippen LogP contribution >= 0.6 is 23.2 Å². The van der Waals surface area contributed by atoms with Gasteiger partial charge in [0.2, 0.25) is 0 Å². The number of halogens is 5. The van der Waals surface area contributed by atoms with Gasteiger partial charge in [-0.3, -0.25) is 14.2 Å². The van der Waals surface area contributed by atoms with Crippen molar-refractivity contribution in [3.8, 4) is 0 Å². The second-order valence-corrected chi connectivity index (χ2v) is 7.29. The molecule has 1 atom stereocenters. The minimum absolute atomic E-state index is 0.0986. The first kappa shape index (κ1) is 20.7. The molecule has 0 saturated heterocycles. The molecule has 1 N–H and O–H groups in total. The maximum absolute atomic E-state index is 12.5. The van der Waals surface area contributed by atoms with Crippen molar-refractivity contribution in [3.63, 3.8) is 0 Å². The molecule has 140 valence electrons. The minimum atomic E-state index is -4.58. The summed E-state index contributed by atoms with van der Waals surface area (Å²) in [6.07, 6.45) is -1.40. The van der Waals surface area contributed by atoms with E-state index in [-0.39, 0.29) is 20.6 Å². The van der Waals surface area contributed by atoms with E-state index in [0.717, 1.165) is 0 Å². The van der Waals surface area contributed by atoms with Crippen molar-refractivity contribution in [2.75, 3.05) is 17.6 Å². The highest BCUT2D eigenvalue weighted by Crippen LogP contribution is 2.33. The van der Waals surface area contributed by atoms with Crippen LogP contribution in [0.4, 0.5) is 18.9 Å². The zero-order valence-electron chi connectivity index (χ0n) is 13.5. The summed E-state index contributed by atoms with van der Waals surface area (Å²) >= 11 is 12.1. The van der Waals surface area contributed by atoms with Gasteiger partial charge >= 0.3 is 6.18 Å². The van der Waals surface area contributed by atoms with Crippen molar-refractivity contribution in [1.29, 1.82) is 0 Å². The first-order valence-corrected chi connectivity index (χ1v) is 9.44. The Balaban J connectivity index is 2.38. The van der Waals surface area contributed by atoms with Crippen LogP contribution in [-0.4, -0.2) is 33.5 Å². The minimum Gasteiger partial charge on any atom is -0.339 e. The summed E-state index contributed by atoms with van der Waals surface area (Å²) < 4.78 is 49.6. The predicted molar refractivity (Wildman–Crippen MR) is 98.7 cm³/mol. The van der Waals surface area contributed by atoms with E-state index in [1.54, 1.807) is 24.5 Å². The molecule has 0 fully saturated rings. The Morgan fingerprint density at radius 2 is 2.04 bits per heavy atom. The fourth-order valence-electron chi connectivity index (χ4n) is 2.02. The Morgan fingerprint density at radius 1 is 1.31 bits per heavy atom. The third-order valence-corrected chi connectivity index (χ3v) is 5.22. The first-order chi connectivity index (χ1) is 12.2. The maximum Gasteiger partial charge on any atom is 0.400 e. The van der Waals surface area contributed by atoms with Gasteiger partial charge in [0.15, 0.2) is 0 Å². The van der Waals surface area contributed by atoms with E-state index in [9.17, 15) is 17.4 Å². The topological polar surface area (TPSA) is 54.4 Å². The molecule has 0 saturated carbocycles. The van der Waals surface area contributed by atoms with Crippen molar-refractivity contribution < 1.29 is 17.4 Å². The van der Waals surface area contributed by atoms with Crippen LogP contribution in [0.3, 0.4) is 0 Å². The number of anilines is 1. The van der Waals surface area contributed by atoms with Crippen molar-refractivity contribution in [2.24, 2.45) is 4.99 Å². The molecule has 0 radical (unpaired) electrons. The molecule has 0 bridgehead atoms. The number of aliphatic imine (C=N–C) groups is 1. The zero-order chi connectivity index (χ0) is 19.3. The third kappa shape index (κ3) is 5.69. The number of benzene rings is 1. The van der Waals surface area contributed by atoms with Gasteiger partial charge in [-0.2, -0.15) is 13.2 Å². The number of amidine groups is 1. The number of nitrogens with zero attached hydrogens (tertiary/aromatic N) is 2. The Morgan fingerprint density at radius 3 is 2.62 bits per heavy atom. The van der Waals surface area contributed by atoms with Crippen LogP contribution in [0.15, 0.2) is 46.5 Å². The molecule has 26 heavy (non-hydrogen) atoms. The second kappa shape index (κ2) is 8.83. The number of hydrogen-bond acceptors (Lipinski definition) is 3. The average Bonchev–Trinajstić information content (AvgIpc) is 2.55. The highest BCUT2D eigenvalue weighted by atomic mass is 35.5. The van der Waals surface area contributed by atoms with Gasteiger partial charge in [0.25, 0.3) is 0 Å². The van der Waals surface area contributed by atoms with Gasteiger partial charge in [-0.05, 0) is 31.2 Å². The summed E-state index contributed by atoms with van der Waals surface area (Å²) in [5.41, 5.74) is 0.913. The largest absolute Gasteiger partial charge is 0.400 e. The molecular formula is C16H14Cl2F3N3OS. The molecule has 4 nitrogen and oxygen atoms in total. The van der Waals surface area contributed by atoms with Gasteiger partial charge in [-0.25, -0.2) is 0 Å². The van der Waals surface area contributed by atoms with Crippen LogP contribution in [0.2, 0.25) is 10.0 Å². The summed E-state index contributed by atoms with van der Waals surface area (Å²) in [6, 6.07) is 5.98. The van der Waals surface area contributed by atoms with Gasteiger partial charge in [0.05, 0.1) is 31.4 Å². The Labute approximate surface area is 160 Å². The molecule has 1 unspecified atom stereocenters. The van der Waals surface area contributed by atoms with Crippen LogP contribution in [-0.2, 0) is 10.8 Å². The molecule has 10 heteroatoms. The molecule has 1 heterocycles. The van der Waals surface area contributed by atoms with Crippen molar-refractivity contribution >= 4 is 45.5 Å². The summed E-state index contributed by atoms with van der Waals surface area (Å²) in [7, 11) is -2.35. The summed E-state index contributed by atoms with van der Waals surface area (Å²) in [6.45, 7) is 2.28. The normalized spacial score (nSPS) is 13.5. The predicted octanol–water partition coefficient (Wildman–Crippen LogP) is 4.94. The van der Waals surface area contributed by atoms with Gasteiger partial charge in [-0.1, -0.05) is 23.2 Å². The highest BCUT2D eigenvalue weighted by Gasteiger charge is 2.32. The van der Waals surface area contributed by atoms with Gasteiger partial charge in [-0.15, -0.1) is 0 Å². The Hall–Kier alpha value is -1.64. The number of nitrogens with one attached hydrogen (secondary N) is 1. The van der Waals surface area contributed by atoms with Gasteiger partial charge in [0.1, 0.15) is 11.6 Å². The smallest absolute Gasteiger partial charge is 0.339 e. The molecule has 0 aliphatic heterocycles. The molecule has 1 aromatic heterocycles. The van der Waals surface area contributed by atoms with Gasteiger partial charge < -0.3 is 5.32 Å². The lowest BCUT2D eigenvalue weighted by atomic mass is 10.2. The average molecular weight is 424 g/mol. The van der Waals surface area contributed by atoms with Crippen molar-refractivity contribution in [2.45, 2.75) is 18.0 Å². The number of hydrogen-bond donors (Lipinski definition) is 1. The standard InChI is InChI=1S/C16H14Cl2F3N3OS/c1-2-23-15(10-4-3-5-22-8-10)24-13-7-14(12(18)6-11(13)17)26(25)9-16(19,20)21/h3-8H,2,9H2,1H3,(H,23,24). The number of alkyl halides is 3. The van der Waals surface area contributed by atoms with E-state index in [1.807, 2.05) is 6.92 Å². The lowest BCUT2D eigenvalue weighted by Gasteiger charge is -2.14. The molecule has 0 amide bonds. The maximum atomic E-state index is 12.5. The SMILES string of the molecule is CCN=C(Nc1cc(S(=O)CC(F)(F)F)c(Cl)cc1Cl)c1cccnc1. The molecule has 0 spiro atoms. The fraction of sp³-hybridized carbons (Fsp3) is 0.250. The molecule has 2 aromatic rings. The van der Waals surface area contributed by atoms with E-state index < -0.39 is 22.7 Å². The zero-order valence-corrected chi connectivity index (χ0v) is 15.8. The van der Waals surface area contributed by atoms with E-state index in [2.05, 4.69) is 15.3 Å². The van der Waals surface area contributed by atoms with Crippen LogP contribution in [0, 0.1) is 0 Å². The highest BCUT2D eigenvalue weighted by molar-refractivity contribution is 7.85. The van der Waals surface area contributed by atoms with Crippen LogP contribution in [0.5, 0.6) is 0 Å². The van der Waals surface area contributed by atoms with E-state index >= 15 is 0 Å². The lowest BCUT2D eigenvalue weighted by Crippen LogP contribution is -2.19. The molecule has 0 aliphatic carbocycles. The van der Waals surface area contributed by atoms with Crippen molar-refractivity contribution in [3.05, 3.63) is 52.3 Å². The van der Waals surface area contributed by atoms with Crippen molar-refractivity contribution in [1.82, 2.24) is 4.98 Å². The molecule has 2 rings (SSSR count). The quantitative estimate of drug-likeness (QED) is 0.547. The Bertz CT molecular complexity index is 829.